The predicted molar refractivity (Wildman–Crippen MR) is 134 cm³/mol. The molecule has 0 bridgehead atoms. The van der Waals surface area contributed by atoms with Gasteiger partial charge in [-0.05, 0) is 61.0 Å². The molecule has 168 valence electrons. The number of Topliss-reactive ketones (excluding diaryl/α,β-unsaturated/α-hetero) is 1. The van der Waals surface area contributed by atoms with Crippen LogP contribution in [0.2, 0.25) is 0 Å². The van der Waals surface area contributed by atoms with Gasteiger partial charge < -0.3 is 4.74 Å². The van der Waals surface area contributed by atoms with E-state index in [0.29, 0.717) is 22.8 Å². The van der Waals surface area contributed by atoms with Gasteiger partial charge in [0.1, 0.15) is 15.6 Å². The molecule has 2 heterocycles. The van der Waals surface area contributed by atoms with Gasteiger partial charge in [-0.1, -0.05) is 42.9 Å². The molecule has 0 saturated carbocycles. The topological polar surface area (TPSA) is 88.6 Å². The molecule has 0 unspecified atom stereocenters. The van der Waals surface area contributed by atoms with Crippen molar-refractivity contribution in [3.8, 4) is 5.75 Å². The summed E-state index contributed by atoms with van der Waals surface area (Å²) in [6.07, 6.45) is 2.64. The van der Waals surface area contributed by atoms with E-state index >= 15 is 0 Å². The zero-order valence-electron chi connectivity index (χ0n) is 18.4. The number of aromatic nitrogens is 1. The van der Waals surface area contributed by atoms with E-state index in [-0.39, 0.29) is 5.78 Å². The van der Waals surface area contributed by atoms with Crippen molar-refractivity contribution in [2.75, 3.05) is 6.61 Å². The van der Waals surface area contributed by atoms with Crippen LogP contribution in [0.15, 0.2) is 75.1 Å². The third kappa shape index (κ3) is 6.15. The summed E-state index contributed by atoms with van der Waals surface area (Å²) in [6, 6.07) is 16.6. The molecule has 2 aromatic carbocycles. The molecule has 4 aromatic rings. The number of carbonyl (C=O) groups excluding carboxylic acids is 1. The first-order valence-corrected chi connectivity index (χ1v) is 12.4. The van der Waals surface area contributed by atoms with E-state index in [1.165, 1.54) is 22.7 Å². The van der Waals surface area contributed by atoms with Gasteiger partial charge in [0.15, 0.2) is 5.78 Å². The maximum Gasteiger partial charge on any atom is 0.231 e. The quantitative estimate of drug-likeness (QED) is 0.130. The number of unbranched alkanes of at least 4 members (excludes halogenated alkanes) is 1. The molecular formula is C24H23N5O2S2. The highest BCUT2D eigenvalue weighted by molar-refractivity contribution is 7.30. The second-order valence-corrected chi connectivity index (χ2v) is 9.19. The van der Waals surface area contributed by atoms with Crippen molar-refractivity contribution in [1.82, 2.24) is 4.98 Å². The monoisotopic (exact) mass is 477 g/mol. The zero-order chi connectivity index (χ0) is 23.0. The summed E-state index contributed by atoms with van der Waals surface area (Å²) in [5, 5.41) is 18.4. The second kappa shape index (κ2) is 11.0. The number of thiazole rings is 1. The minimum absolute atomic E-state index is 0.115. The number of hydrogen-bond acceptors (Lipinski definition) is 9. The first-order chi connectivity index (χ1) is 16.1. The van der Waals surface area contributed by atoms with Crippen molar-refractivity contribution in [2.45, 2.75) is 33.1 Å². The molecule has 0 aliphatic rings. The summed E-state index contributed by atoms with van der Waals surface area (Å²) in [6.45, 7) is 4.71. The Morgan fingerprint density at radius 1 is 0.909 bits per heavy atom. The zero-order valence-corrected chi connectivity index (χ0v) is 20.0. The molecule has 0 aliphatic carbocycles. The van der Waals surface area contributed by atoms with Crippen molar-refractivity contribution in [3.05, 3.63) is 60.2 Å². The fourth-order valence-corrected chi connectivity index (χ4v) is 4.72. The molecule has 0 atom stereocenters. The van der Waals surface area contributed by atoms with Gasteiger partial charge in [0.2, 0.25) is 5.13 Å². The normalized spacial score (nSPS) is 11.7. The lowest BCUT2D eigenvalue weighted by atomic mass is 10.1. The van der Waals surface area contributed by atoms with Gasteiger partial charge in [-0.3, -0.25) is 4.79 Å². The van der Waals surface area contributed by atoms with Gasteiger partial charge in [-0.15, -0.1) is 20.5 Å². The SMILES string of the molecule is CCCCOc1ccc(N=Nc2nc3sc(N=Nc4ccc(C(=O)CC)cc4)cc3s2)cc1. The van der Waals surface area contributed by atoms with Gasteiger partial charge >= 0.3 is 0 Å². The fourth-order valence-electron chi connectivity index (χ4n) is 2.87. The van der Waals surface area contributed by atoms with E-state index < -0.39 is 0 Å². The predicted octanol–water partition coefficient (Wildman–Crippen LogP) is 8.96. The van der Waals surface area contributed by atoms with Crippen molar-refractivity contribution in [3.63, 3.8) is 0 Å². The Morgan fingerprint density at radius 3 is 2.27 bits per heavy atom. The number of ketones is 1. The minimum Gasteiger partial charge on any atom is -0.494 e. The first kappa shape index (κ1) is 22.9. The van der Waals surface area contributed by atoms with Crippen LogP contribution in [0, 0.1) is 0 Å². The smallest absolute Gasteiger partial charge is 0.231 e. The van der Waals surface area contributed by atoms with Crippen molar-refractivity contribution in [1.29, 1.82) is 0 Å². The molecular weight excluding hydrogens is 454 g/mol. The number of rotatable bonds is 10. The Hall–Kier alpha value is -3.30. The summed E-state index contributed by atoms with van der Waals surface area (Å²) in [5.41, 5.74) is 2.14. The molecule has 33 heavy (non-hydrogen) atoms. The minimum atomic E-state index is 0.115. The Bertz CT molecular complexity index is 1240. The van der Waals surface area contributed by atoms with Gasteiger partial charge in [0.05, 0.1) is 22.7 Å². The van der Waals surface area contributed by atoms with Crippen molar-refractivity contribution < 1.29 is 9.53 Å². The number of benzene rings is 2. The van der Waals surface area contributed by atoms with Crippen LogP contribution in [0.1, 0.15) is 43.5 Å². The number of azo groups is 2. The number of nitrogens with zero attached hydrogens (tertiary/aromatic N) is 5. The standard InChI is InChI=1S/C24H23N5O2S2/c1-3-5-14-31-19-12-10-18(11-13-19)27-29-24-25-23-21(32-24)15-22(33-23)28-26-17-8-6-16(7-9-17)20(30)4-2/h6-13,15H,3-5,14H2,1-2H3. The van der Waals surface area contributed by atoms with E-state index in [4.69, 9.17) is 4.74 Å². The maximum atomic E-state index is 11.7. The highest BCUT2D eigenvalue weighted by atomic mass is 32.1. The largest absolute Gasteiger partial charge is 0.494 e. The van der Waals surface area contributed by atoms with Crippen LogP contribution in [0.25, 0.3) is 9.53 Å². The average molecular weight is 478 g/mol. The first-order valence-electron chi connectivity index (χ1n) is 10.7. The second-order valence-electron chi connectivity index (χ2n) is 7.17. The van der Waals surface area contributed by atoms with Crippen LogP contribution in [0.3, 0.4) is 0 Å². The lowest BCUT2D eigenvalue weighted by molar-refractivity contribution is 0.0988. The lowest BCUT2D eigenvalue weighted by Crippen LogP contribution is -1.95. The Morgan fingerprint density at radius 2 is 1.61 bits per heavy atom. The fraction of sp³-hybridized carbons (Fsp3) is 0.250. The van der Waals surface area contributed by atoms with Gasteiger partial charge in [0, 0.05) is 12.0 Å². The third-order valence-corrected chi connectivity index (χ3v) is 6.62. The van der Waals surface area contributed by atoms with Crippen LogP contribution in [-0.2, 0) is 0 Å². The molecule has 9 heteroatoms. The highest BCUT2D eigenvalue weighted by Gasteiger charge is 2.08. The van der Waals surface area contributed by atoms with Crippen LogP contribution in [-0.4, -0.2) is 17.4 Å². The molecule has 0 radical (unpaired) electrons. The number of ether oxygens (including phenoxy) is 1. The average Bonchev–Trinajstić information content (AvgIpc) is 3.41. The van der Waals surface area contributed by atoms with Gasteiger partial charge in [-0.25, -0.2) is 4.98 Å². The number of hydrogen-bond donors (Lipinski definition) is 0. The Kier molecular flexibility index (Phi) is 7.64. The highest BCUT2D eigenvalue weighted by Crippen LogP contribution is 2.39. The van der Waals surface area contributed by atoms with Crippen LogP contribution in [0.5, 0.6) is 5.75 Å². The summed E-state index contributed by atoms with van der Waals surface area (Å²) in [4.78, 5) is 17.1. The number of fused-ring (bicyclic) bond motifs is 1. The van der Waals surface area contributed by atoms with Crippen molar-refractivity contribution in [2.24, 2.45) is 20.5 Å². The third-order valence-electron chi connectivity index (χ3n) is 4.69. The molecule has 0 amide bonds. The van der Waals surface area contributed by atoms with E-state index in [1.54, 1.807) is 24.3 Å². The molecule has 0 aliphatic heterocycles. The summed E-state index contributed by atoms with van der Waals surface area (Å²) in [5.74, 6) is 0.952. The molecule has 0 N–H and O–H groups in total. The Labute approximate surface area is 199 Å². The van der Waals surface area contributed by atoms with Gasteiger partial charge in [0.25, 0.3) is 0 Å². The maximum absolute atomic E-state index is 11.7. The van der Waals surface area contributed by atoms with E-state index in [2.05, 4.69) is 32.4 Å². The summed E-state index contributed by atoms with van der Waals surface area (Å²) in [7, 11) is 0. The van der Waals surface area contributed by atoms with E-state index in [9.17, 15) is 4.79 Å². The Balaban J connectivity index is 1.37. The van der Waals surface area contributed by atoms with E-state index in [0.717, 1.165) is 45.4 Å². The van der Waals surface area contributed by atoms with Crippen LogP contribution < -0.4 is 4.74 Å². The van der Waals surface area contributed by atoms with Gasteiger partial charge in [-0.2, -0.15) is 0 Å². The number of thiophene rings is 1. The molecule has 7 nitrogen and oxygen atoms in total. The summed E-state index contributed by atoms with van der Waals surface area (Å²) < 4.78 is 6.65. The molecule has 4 rings (SSSR count). The van der Waals surface area contributed by atoms with Crippen LogP contribution in [0.4, 0.5) is 21.5 Å². The molecule has 0 saturated heterocycles. The van der Waals surface area contributed by atoms with E-state index in [1.807, 2.05) is 37.3 Å². The molecule has 2 aromatic heterocycles. The molecule has 0 fully saturated rings. The lowest BCUT2D eigenvalue weighted by Gasteiger charge is -2.04. The molecule has 0 spiro atoms. The van der Waals surface area contributed by atoms with Crippen LogP contribution >= 0.6 is 22.7 Å². The summed E-state index contributed by atoms with van der Waals surface area (Å²) >= 11 is 2.91. The van der Waals surface area contributed by atoms with Crippen molar-refractivity contribution >= 4 is 59.5 Å². The number of carbonyl (C=O) groups is 1.